The van der Waals surface area contributed by atoms with Crippen LogP contribution >= 0.6 is 11.3 Å². The van der Waals surface area contributed by atoms with Crippen LogP contribution in [0.25, 0.3) is 15.2 Å². The van der Waals surface area contributed by atoms with Gasteiger partial charge in [0.05, 0.1) is 44.0 Å². The van der Waals surface area contributed by atoms with Gasteiger partial charge < -0.3 is 15.2 Å². The molecule has 4 rings (SSSR count). The highest BCUT2D eigenvalue weighted by Crippen LogP contribution is 2.30. The minimum atomic E-state index is -0.625. The van der Waals surface area contributed by atoms with Crippen molar-refractivity contribution < 1.29 is 19.0 Å². The van der Waals surface area contributed by atoms with E-state index in [4.69, 9.17) is 15.1 Å². The first-order valence-corrected chi connectivity index (χ1v) is 12.8. The lowest BCUT2D eigenvalue weighted by atomic mass is 10.1. The molecule has 1 aromatic carbocycles. The molecule has 39 heavy (non-hydrogen) atoms. The first kappa shape index (κ1) is 29.2. The fraction of sp³-hybridized carbons (Fsp3) is 0.360. The lowest BCUT2D eigenvalue weighted by Gasteiger charge is -2.13. The summed E-state index contributed by atoms with van der Waals surface area (Å²) in [6.07, 6.45) is 3.54. The van der Waals surface area contributed by atoms with E-state index in [-0.39, 0.29) is 26.0 Å². The maximum atomic E-state index is 13.9. The number of rotatable bonds is 9. The van der Waals surface area contributed by atoms with Crippen LogP contribution in [0.5, 0.6) is 5.75 Å². The molecule has 0 aliphatic carbocycles. The number of aryl methyl sites for hydroxylation is 3. The molecule has 14 heteroatoms. The normalized spacial score (nSPS) is 10.6. The molecule has 0 unspecified atom stereocenters. The third-order valence-corrected chi connectivity index (χ3v) is 6.90. The lowest BCUT2D eigenvalue weighted by Crippen LogP contribution is -2.43. The van der Waals surface area contributed by atoms with Gasteiger partial charge in [0, 0.05) is 18.7 Å². The number of aliphatic hydroxyl groups excluding tert-OH is 1. The summed E-state index contributed by atoms with van der Waals surface area (Å²) in [5.74, 6) is -0.375. The fourth-order valence-electron chi connectivity index (χ4n) is 3.85. The maximum absolute atomic E-state index is 13.9. The molecule has 3 heterocycles. The minimum absolute atomic E-state index is 0.0174. The molecule has 0 bridgehead atoms. The summed E-state index contributed by atoms with van der Waals surface area (Å²) < 4.78 is 21.5. The van der Waals surface area contributed by atoms with Gasteiger partial charge in [0.25, 0.3) is 5.56 Å². The van der Waals surface area contributed by atoms with Crippen molar-refractivity contribution in [1.82, 2.24) is 29.4 Å². The number of carbonyl (C=O) groups is 1. The number of thiophene rings is 1. The fourth-order valence-corrected chi connectivity index (χ4v) is 5.09. The van der Waals surface area contributed by atoms with E-state index in [1.54, 1.807) is 19.9 Å². The van der Waals surface area contributed by atoms with Gasteiger partial charge in [-0.3, -0.25) is 18.7 Å². The molecular weight excluding hydrogens is 529 g/mol. The number of benzene rings is 1. The summed E-state index contributed by atoms with van der Waals surface area (Å²) >= 11 is 1.20. The Balaban J connectivity index is 0.000000771. The van der Waals surface area contributed by atoms with Gasteiger partial charge in [0.2, 0.25) is 5.91 Å². The zero-order valence-corrected chi connectivity index (χ0v) is 22.5. The maximum Gasteiger partial charge on any atom is 0.332 e. The predicted octanol–water partition coefficient (Wildman–Crippen LogP) is 1.53. The number of nitriles is 1. The van der Waals surface area contributed by atoms with E-state index < -0.39 is 29.5 Å². The van der Waals surface area contributed by atoms with Gasteiger partial charge in [-0.2, -0.15) is 15.5 Å². The second-order valence-electron chi connectivity index (χ2n) is 8.15. The van der Waals surface area contributed by atoms with Crippen LogP contribution in [0.4, 0.5) is 4.39 Å². The Morgan fingerprint density at radius 2 is 1.97 bits per heavy atom. The smallest absolute Gasteiger partial charge is 0.332 e. The van der Waals surface area contributed by atoms with E-state index in [9.17, 15) is 18.8 Å². The molecule has 0 fully saturated rings. The largest absolute Gasteiger partial charge is 0.496 e. The molecule has 0 radical (unpaired) electrons. The molecule has 0 saturated carbocycles. The molecule has 1 amide bonds. The SMILES string of the molecule is CCNC(=O)Cn1c(=O)c2c(C)c(-n3nccn3)sc2n(CCc2cc(F)ccc2OC)c1=O.N#CCCO. The number of carbonyl (C=O) groups excluding carboxylic acids is 1. The molecule has 2 N–H and O–H groups in total. The number of fused-ring (bicyclic) bond motifs is 1. The molecule has 0 aliphatic heterocycles. The summed E-state index contributed by atoms with van der Waals surface area (Å²) in [5.41, 5.74) is -0.00690. The molecule has 4 aromatic rings. The standard InChI is InChI=1S/C22H23FN6O4S.C3H5NO/c1-4-24-17(30)12-28-19(31)18-13(2)20(29-25-8-9-26-29)34-21(18)27(22(28)32)10-7-14-11-15(23)5-6-16(14)33-3;4-2-1-3-5/h5-6,8-9,11H,4,7,10,12H2,1-3H3,(H,24,30);5H,1,3H2. The molecule has 0 saturated heterocycles. The second-order valence-corrected chi connectivity index (χ2v) is 9.13. The van der Waals surface area contributed by atoms with Crippen molar-refractivity contribution in [1.29, 1.82) is 5.26 Å². The third-order valence-electron chi connectivity index (χ3n) is 5.62. The molecule has 206 valence electrons. The van der Waals surface area contributed by atoms with E-state index in [0.29, 0.717) is 38.6 Å². The van der Waals surface area contributed by atoms with Crippen molar-refractivity contribution in [3.05, 3.63) is 68.4 Å². The van der Waals surface area contributed by atoms with Gasteiger partial charge in [0.15, 0.2) is 0 Å². The number of hydrogen-bond acceptors (Lipinski definition) is 9. The number of aliphatic hydroxyl groups is 1. The zero-order chi connectivity index (χ0) is 28.5. The van der Waals surface area contributed by atoms with Crippen molar-refractivity contribution in [2.45, 2.75) is 39.8 Å². The van der Waals surface area contributed by atoms with Crippen molar-refractivity contribution in [2.24, 2.45) is 0 Å². The first-order chi connectivity index (χ1) is 18.8. The Bertz CT molecular complexity index is 1600. The highest BCUT2D eigenvalue weighted by atomic mass is 32.1. The number of likely N-dealkylation sites (N-methyl/N-ethyl adjacent to an activating group) is 1. The Morgan fingerprint density at radius 3 is 2.56 bits per heavy atom. The van der Waals surface area contributed by atoms with Crippen LogP contribution in [0, 0.1) is 24.1 Å². The van der Waals surface area contributed by atoms with Crippen LogP contribution in [0.1, 0.15) is 24.5 Å². The average molecular weight is 558 g/mol. The van der Waals surface area contributed by atoms with E-state index in [1.807, 2.05) is 0 Å². The van der Waals surface area contributed by atoms with Crippen LogP contribution in [0.3, 0.4) is 0 Å². The Hall–Kier alpha value is -4.35. The van der Waals surface area contributed by atoms with Crippen molar-refractivity contribution in [2.75, 3.05) is 20.3 Å². The summed E-state index contributed by atoms with van der Waals surface area (Å²) in [4.78, 5) is 40.8. The number of nitrogens with one attached hydrogen (secondary N) is 1. The van der Waals surface area contributed by atoms with Gasteiger partial charge >= 0.3 is 5.69 Å². The monoisotopic (exact) mass is 557 g/mol. The van der Waals surface area contributed by atoms with Gasteiger partial charge in [-0.15, -0.1) is 4.80 Å². The van der Waals surface area contributed by atoms with Gasteiger partial charge in [-0.05, 0) is 44.0 Å². The number of amides is 1. The van der Waals surface area contributed by atoms with Crippen LogP contribution in [-0.2, 0) is 24.3 Å². The van der Waals surface area contributed by atoms with E-state index in [0.717, 1.165) is 4.57 Å². The van der Waals surface area contributed by atoms with Crippen LogP contribution in [0.15, 0.2) is 40.2 Å². The Morgan fingerprint density at radius 1 is 1.26 bits per heavy atom. The number of hydrogen-bond donors (Lipinski definition) is 2. The van der Waals surface area contributed by atoms with Gasteiger partial charge in [-0.25, -0.2) is 9.18 Å². The number of halogens is 1. The van der Waals surface area contributed by atoms with Gasteiger partial charge in [-0.1, -0.05) is 11.3 Å². The van der Waals surface area contributed by atoms with E-state index in [2.05, 4.69) is 15.5 Å². The highest BCUT2D eigenvalue weighted by Gasteiger charge is 2.22. The molecule has 0 spiro atoms. The summed E-state index contributed by atoms with van der Waals surface area (Å²) in [6, 6.07) is 5.94. The summed E-state index contributed by atoms with van der Waals surface area (Å²) in [7, 11) is 1.49. The molecular formula is C25H28FN7O5S. The topological polar surface area (TPSA) is 157 Å². The van der Waals surface area contributed by atoms with Crippen LogP contribution in [0.2, 0.25) is 0 Å². The number of ether oxygens (including phenoxy) is 1. The quantitative estimate of drug-likeness (QED) is 0.314. The minimum Gasteiger partial charge on any atom is -0.496 e. The second kappa shape index (κ2) is 13.4. The van der Waals surface area contributed by atoms with E-state index in [1.165, 1.54) is 58.4 Å². The summed E-state index contributed by atoms with van der Waals surface area (Å²) in [5, 5.41) is 27.3. The molecule has 12 nitrogen and oxygen atoms in total. The summed E-state index contributed by atoms with van der Waals surface area (Å²) in [6.45, 7) is 3.58. The first-order valence-electron chi connectivity index (χ1n) is 12.0. The van der Waals surface area contributed by atoms with Crippen molar-refractivity contribution >= 4 is 27.5 Å². The highest BCUT2D eigenvalue weighted by molar-refractivity contribution is 7.21. The van der Waals surface area contributed by atoms with Crippen molar-refractivity contribution in [3.8, 4) is 16.8 Å². The Kier molecular flexibility index (Phi) is 10.1. The number of nitrogens with zero attached hydrogens (tertiary/aromatic N) is 6. The number of aromatic nitrogens is 5. The van der Waals surface area contributed by atoms with Crippen LogP contribution in [-0.4, -0.2) is 55.4 Å². The zero-order valence-electron chi connectivity index (χ0n) is 21.7. The molecule has 0 atom stereocenters. The predicted molar refractivity (Wildman–Crippen MR) is 143 cm³/mol. The van der Waals surface area contributed by atoms with Crippen molar-refractivity contribution in [3.63, 3.8) is 0 Å². The van der Waals surface area contributed by atoms with Gasteiger partial charge in [0.1, 0.15) is 27.9 Å². The molecule has 3 aromatic heterocycles. The number of methoxy groups -OCH3 is 1. The lowest BCUT2D eigenvalue weighted by molar-refractivity contribution is -0.121. The average Bonchev–Trinajstić information content (AvgIpc) is 3.56. The van der Waals surface area contributed by atoms with Crippen LogP contribution < -0.4 is 21.3 Å². The molecule has 0 aliphatic rings. The Labute approximate surface area is 226 Å². The van der Waals surface area contributed by atoms with E-state index >= 15 is 0 Å². The third kappa shape index (κ3) is 6.57.